The van der Waals surface area contributed by atoms with Crippen molar-refractivity contribution in [2.45, 2.75) is 45.4 Å². The fraction of sp³-hybridized carbons (Fsp3) is 0.344. The Morgan fingerprint density at radius 1 is 0.925 bits per heavy atom. The first kappa shape index (κ1) is 26.3. The van der Waals surface area contributed by atoms with Crippen LogP contribution >= 0.6 is 0 Å². The van der Waals surface area contributed by atoms with E-state index in [1.54, 1.807) is 12.1 Å². The van der Waals surface area contributed by atoms with E-state index in [0.717, 1.165) is 51.0 Å². The van der Waals surface area contributed by atoms with Crippen LogP contribution in [0.25, 0.3) is 11.4 Å². The molecule has 1 amide bonds. The molecule has 8 heteroatoms. The van der Waals surface area contributed by atoms with Crippen LogP contribution in [0.4, 0.5) is 4.39 Å². The van der Waals surface area contributed by atoms with Crippen LogP contribution in [0.2, 0.25) is 0 Å². The first-order valence-electron chi connectivity index (χ1n) is 14.0. The van der Waals surface area contributed by atoms with E-state index in [0.29, 0.717) is 36.9 Å². The van der Waals surface area contributed by atoms with E-state index in [2.05, 4.69) is 73.8 Å². The first-order chi connectivity index (χ1) is 19.6. The second-order valence-corrected chi connectivity index (χ2v) is 10.9. The second kappa shape index (κ2) is 12.1. The summed E-state index contributed by atoms with van der Waals surface area (Å²) in [5.74, 6) is 0.636. The number of hydrogen-bond acceptors (Lipinski definition) is 6. The summed E-state index contributed by atoms with van der Waals surface area (Å²) < 4.78 is 18.6. The standard InChI is InChI=1S/C32H34FN5O2/c33-29-13-11-26(12-14-29)31-35-30(40-36-31)22-37-16-3-6-28(21-37)32(39)34-18-23-7-9-24(10-8-23)19-38-17-15-25-4-1-2-5-27(25)20-38/h1-2,4-5,7-14,28H,3,6,15-22H2,(H,34,39). The third-order valence-electron chi connectivity index (χ3n) is 7.91. The lowest BCUT2D eigenvalue weighted by Crippen LogP contribution is -2.42. The number of nitrogens with zero attached hydrogens (tertiary/aromatic N) is 4. The maximum absolute atomic E-state index is 13.2. The fourth-order valence-electron chi connectivity index (χ4n) is 5.68. The molecular weight excluding hydrogens is 505 g/mol. The molecule has 2 aliphatic heterocycles. The molecule has 4 aromatic rings. The zero-order valence-corrected chi connectivity index (χ0v) is 22.6. The molecule has 1 saturated heterocycles. The Kier molecular flexibility index (Phi) is 7.97. The van der Waals surface area contributed by atoms with Crippen molar-refractivity contribution in [3.05, 3.63) is 107 Å². The average molecular weight is 540 g/mol. The van der Waals surface area contributed by atoms with Crippen LogP contribution in [0.15, 0.2) is 77.3 Å². The van der Waals surface area contributed by atoms with Crippen molar-refractivity contribution >= 4 is 5.91 Å². The van der Waals surface area contributed by atoms with E-state index >= 15 is 0 Å². The van der Waals surface area contributed by atoms with Crippen LogP contribution in [0.3, 0.4) is 0 Å². The minimum Gasteiger partial charge on any atom is -0.352 e. The quantitative estimate of drug-likeness (QED) is 0.341. The predicted molar refractivity (Wildman–Crippen MR) is 150 cm³/mol. The Bertz CT molecular complexity index is 1440. The molecule has 3 heterocycles. The summed E-state index contributed by atoms with van der Waals surface area (Å²) in [6.45, 7) is 5.55. The number of nitrogens with one attached hydrogen (secondary N) is 1. The molecule has 1 N–H and O–H groups in total. The lowest BCUT2D eigenvalue weighted by atomic mass is 9.97. The summed E-state index contributed by atoms with van der Waals surface area (Å²) in [7, 11) is 0. The largest absolute Gasteiger partial charge is 0.352 e. The zero-order chi connectivity index (χ0) is 27.3. The minimum absolute atomic E-state index is 0.0745. The first-order valence-corrected chi connectivity index (χ1v) is 14.0. The highest BCUT2D eigenvalue weighted by Crippen LogP contribution is 2.22. The van der Waals surface area contributed by atoms with Gasteiger partial charge in [0.05, 0.1) is 12.5 Å². The van der Waals surface area contributed by atoms with Crippen molar-refractivity contribution < 1.29 is 13.7 Å². The van der Waals surface area contributed by atoms with Crippen molar-refractivity contribution in [2.24, 2.45) is 5.92 Å². The molecule has 7 nitrogen and oxygen atoms in total. The van der Waals surface area contributed by atoms with Crippen molar-refractivity contribution in [3.8, 4) is 11.4 Å². The molecule has 1 fully saturated rings. The summed E-state index contributed by atoms with van der Waals surface area (Å²) >= 11 is 0. The van der Waals surface area contributed by atoms with Crippen LogP contribution in [-0.2, 0) is 37.4 Å². The lowest BCUT2D eigenvalue weighted by Gasteiger charge is -2.30. The number of hydrogen-bond donors (Lipinski definition) is 1. The van der Waals surface area contributed by atoms with Gasteiger partial charge in [-0.1, -0.05) is 53.7 Å². The molecule has 206 valence electrons. The molecule has 1 atom stereocenters. The maximum atomic E-state index is 13.2. The predicted octanol–water partition coefficient (Wildman–Crippen LogP) is 4.96. The highest BCUT2D eigenvalue weighted by molar-refractivity contribution is 5.79. The van der Waals surface area contributed by atoms with Crippen molar-refractivity contribution in [2.75, 3.05) is 19.6 Å². The number of aromatic nitrogens is 2. The number of likely N-dealkylation sites (tertiary alicyclic amines) is 1. The summed E-state index contributed by atoms with van der Waals surface area (Å²) in [5.41, 5.74) is 6.00. The minimum atomic E-state index is -0.304. The smallest absolute Gasteiger partial charge is 0.241 e. The van der Waals surface area contributed by atoms with Crippen molar-refractivity contribution in [1.82, 2.24) is 25.3 Å². The van der Waals surface area contributed by atoms with Gasteiger partial charge >= 0.3 is 0 Å². The molecule has 1 unspecified atom stereocenters. The third-order valence-corrected chi connectivity index (χ3v) is 7.91. The highest BCUT2D eigenvalue weighted by Gasteiger charge is 2.27. The van der Waals surface area contributed by atoms with Crippen molar-refractivity contribution in [3.63, 3.8) is 0 Å². The summed E-state index contributed by atoms with van der Waals surface area (Å²) in [6, 6.07) is 23.3. The van der Waals surface area contributed by atoms with Gasteiger partial charge in [-0.15, -0.1) is 0 Å². The van der Waals surface area contributed by atoms with E-state index in [9.17, 15) is 9.18 Å². The Morgan fingerprint density at radius 3 is 2.52 bits per heavy atom. The number of benzene rings is 3. The Balaban J connectivity index is 0.966. The monoisotopic (exact) mass is 539 g/mol. The number of carbonyl (C=O) groups is 1. The zero-order valence-electron chi connectivity index (χ0n) is 22.6. The van der Waals surface area contributed by atoms with Gasteiger partial charge in [0, 0.05) is 38.3 Å². The van der Waals surface area contributed by atoms with Crippen LogP contribution in [0.1, 0.15) is 41.0 Å². The highest BCUT2D eigenvalue weighted by atomic mass is 19.1. The van der Waals surface area contributed by atoms with Gasteiger partial charge in [0.25, 0.3) is 0 Å². The normalized spacial score (nSPS) is 17.9. The number of amides is 1. The Labute approximate surface area is 234 Å². The molecule has 2 aliphatic rings. The van der Waals surface area contributed by atoms with Crippen LogP contribution in [0, 0.1) is 11.7 Å². The van der Waals surface area contributed by atoms with E-state index in [1.165, 1.54) is 28.8 Å². The molecule has 0 spiro atoms. The van der Waals surface area contributed by atoms with Gasteiger partial charge in [0.2, 0.25) is 17.6 Å². The third kappa shape index (κ3) is 6.46. The number of carbonyl (C=O) groups excluding carboxylic acids is 1. The topological polar surface area (TPSA) is 74.5 Å². The lowest BCUT2D eigenvalue weighted by molar-refractivity contribution is -0.127. The summed E-state index contributed by atoms with van der Waals surface area (Å²) in [5, 5.41) is 7.17. The molecule has 0 aliphatic carbocycles. The van der Waals surface area contributed by atoms with Crippen LogP contribution in [-0.4, -0.2) is 45.5 Å². The van der Waals surface area contributed by atoms with Gasteiger partial charge in [-0.3, -0.25) is 14.6 Å². The van der Waals surface area contributed by atoms with Crippen molar-refractivity contribution in [1.29, 1.82) is 0 Å². The SMILES string of the molecule is O=C(NCc1ccc(CN2CCc3ccccc3C2)cc1)C1CCCN(Cc2nc(-c3ccc(F)cc3)no2)C1. The molecule has 3 aromatic carbocycles. The molecule has 1 aromatic heterocycles. The number of halogens is 1. The van der Waals surface area contributed by atoms with Gasteiger partial charge in [0.15, 0.2) is 0 Å². The molecule has 6 rings (SSSR count). The number of fused-ring (bicyclic) bond motifs is 1. The van der Waals surface area contributed by atoms with Gasteiger partial charge in [-0.05, 0) is 72.3 Å². The Morgan fingerprint density at radius 2 is 1.70 bits per heavy atom. The molecule has 0 radical (unpaired) electrons. The fourth-order valence-corrected chi connectivity index (χ4v) is 5.68. The summed E-state index contributed by atoms with van der Waals surface area (Å²) in [4.78, 5) is 22.1. The van der Waals surface area contributed by atoms with Gasteiger partial charge < -0.3 is 9.84 Å². The molecule has 0 saturated carbocycles. The molecular formula is C32H34FN5O2. The summed E-state index contributed by atoms with van der Waals surface area (Å²) in [6.07, 6.45) is 2.91. The van der Waals surface area contributed by atoms with E-state index < -0.39 is 0 Å². The average Bonchev–Trinajstić information content (AvgIpc) is 3.45. The van der Waals surface area contributed by atoms with Gasteiger partial charge in [-0.25, -0.2) is 4.39 Å². The van der Waals surface area contributed by atoms with Gasteiger partial charge in [0.1, 0.15) is 5.82 Å². The Hall–Kier alpha value is -3.88. The number of piperidine rings is 1. The van der Waals surface area contributed by atoms with Crippen LogP contribution in [0.5, 0.6) is 0 Å². The second-order valence-electron chi connectivity index (χ2n) is 10.9. The van der Waals surface area contributed by atoms with E-state index in [4.69, 9.17) is 4.52 Å². The number of rotatable bonds is 8. The van der Waals surface area contributed by atoms with Crippen LogP contribution < -0.4 is 5.32 Å². The maximum Gasteiger partial charge on any atom is 0.241 e. The van der Waals surface area contributed by atoms with E-state index in [-0.39, 0.29) is 17.6 Å². The van der Waals surface area contributed by atoms with Gasteiger partial charge in [-0.2, -0.15) is 4.98 Å². The van der Waals surface area contributed by atoms with E-state index in [1.807, 2.05) is 0 Å². The molecule has 0 bridgehead atoms. The molecule has 40 heavy (non-hydrogen) atoms.